The van der Waals surface area contributed by atoms with Gasteiger partial charge in [0, 0.05) is 11.8 Å². The van der Waals surface area contributed by atoms with Gasteiger partial charge < -0.3 is 10.1 Å². The summed E-state index contributed by atoms with van der Waals surface area (Å²) in [5.41, 5.74) is 2.56. The number of amides is 3. The minimum absolute atomic E-state index is 0.0105. The molecule has 8 heteroatoms. The van der Waals surface area contributed by atoms with Crippen molar-refractivity contribution in [3.63, 3.8) is 0 Å². The largest absolute Gasteiger partial charge is 0.464 e. The molecule has 2 rings (SSSR count). The van der Waals surface area contributed by atoms with Gasteiger partial charge in [0.15, 0.2) is 0 Å². The van der Waals surface area contributed by atoms with Gasteiger partial charge in [-0.15, -0.1) is 11.3 Å². The maximum absolute atomic E-state index is 11.4. The van der Waals surface area contributed by atoms with Crippen LogP contribution in [0.25, 0.3) is 0 Å². The summed E-state index contributed by atoms with van der Waals surface area (Å²) >= 11 is 1.47. The van der Waals surface area contributed by atoms with Crippen LogP contribution in [0.15, 0.2) is 10.9 Å². The summed E-state index contributed by atoms with van der Waals surface area (Å²) in [6.45, 7) is 0.124. The van der Waals surface area contributed by atoms with Crippen LogP contribution in [-0.4, -0.2) is 47.5 Å². The standard InChI is InChI=1S/C11H13N3O4S/c15-9-5-12-11(17)14(9)3-4-18-10(16)2-1-8-6-19-7-13-8/h6-7H,1-5H2,(H,12,17). The number of hydrogen-bond acceptors (Lipinski definition) is 6. The topological polar surface area (TPSA) is 88.6 Å². The van der Waals surface area contributed by atoms with E-state index in [4.69, 9.17) is 4.74 Å². The molecule has 1 aliphatic rings. The number of carbonyl (C=O) groups is 3. The lowest BCUT2D eigenvalue weighted by molar-refractivity contribution is -0.144. The highest BCUT2D eigenvalue weighted by atomic mass is 32.1. The average Bonchev–Trinajstić information content (AvgIpc) is 3.00. The third-order valence-electron chi connectivity index (χ3n) is 2.58. The van der Waals surface area contributed by atoms with Gasteiger partial charge >= 0.3 is 12.0 Å². The first-order valence-electron chi connectivity index (χ1n) is 5.77. The first-order chi connectivity index (χ1) is 9.16. The highest BCUT2D eigenvalue weighted by Gasteiger charge is 2.28. The number of aryl methyl sites for hydroxylation is 1. The van der Waals surface area contributed by atoms with E-state index in [9.17, 15) is 14.4 Å². The van der Waals surface area contributed by atoms with Crippen LogP contribution in [0.5, 0.6) is 0 Å². The van der Waals surface area contributed by atoms with Crippen molar-refractivity contribution in [3.8, 4) is 0 Å². The Morgan fingerprint density at radius 1 is 1.53 bits per heavy atom. The summed E-state index contributed by atoms with van der Waals surface area (Å²) in [7, 11) is 0. The van der Waals surface area contributed by atoms with Gasteiger partial charge in [-0.2, -0.15) is 0 Å². The number of hydrogen-bond donors (Lipinski definition) is 1. The number of rotatable bonds is 6. The maximum atomic E-state index is 11.4. The quantitative estimate of drug-likeness (QED) is 0.594. The molecule has 1 aromatic heterocycles. The zero-order chi connectivity index (χ0) is 13.7. The molecule has 1 aromatic rings. The molecular formula is C11H13N3O4S. The SMILES string of the molecule is O=C(CCc1cscn1)OCCN1C(=O)CNC1=O. The lowest BCUT2D eigenvalue weighted by Gasteiger charge is -2.12. The molecule has 1 fully saturated rings. The van der Waals surface area contributed by atoms with E-state index >= 15 is 0 Å². The minimum atomic E-state index is -0.441. The van der Waals surface area contributed by atoms with E-state index in [2.05, 4.69) is 10.3 Å². The molecule has 102 valence electrons. The van der Waals surface area contributed by atoms with Crippen molar-refractivity contribution in [2.45, 2.75) is 12.8 Å². The van der Waals surface area contributed by atoms with Crippen LogP contribution >= 0.6 is 11.3 Å². The van der Waals surface area contributed by atoms with Gasteiger partial charge in [-0.05, 0) is 0 Å². The molecule has 0 saturated carbocycles. The van der Waals surface area contributed by atoms with Gasteiger partial charge in [0.2, 0.25) is 5.91 Å². The molecule has 0 radical (unpaired) electrons. The Bertz CT molecular complexity index is 458. The number of imide groups is 1. The number of thiazole rings is 1. The number of ether oxygens (including phenoxy) is 1. The number of urea groups is 1. The molecule has 0 aliphatic carbocycles. The predicted octanol–water partition coefficient (Wildman–Crippen LogP) is 0.171. The lowest BCUT2D eigenvalue weighted by atomic mass is 10.2. The smallest absolute Gasteiger partial charge is 0.324 e. The van der Waals surface area contributed by atoms with E-state index in [1.54, 1.807) is 5.51 Å². The van der Waals surface area contributed by atoms with Crippen molar-refractivity contribution in [2.24, 2.45) is 0 Å². The van der Waals surface area contributed by atoms with Crippen molar-refractivity contribution in [3.05, 3.63) is 16.6 Å². The minimum Gasteiger partial charge on any atom is -0.464 e. The average molecular weight is 283 g/mol. The molecule has 2 heterocycles. The lowest BCUT2D eigenvalue weighted by Crippen LogP contribution is -2.34. The fraction of sp³-hybridized carbons (Fsp3) is 0.455. The van der Waals surface area contributed by atoms with E-state index in [1.165, 1.54) is 11.3 Å². The Morgan fingerprint density at radius 2 is 2.37 bits per heavy atom. The first-order valence-corrected chi connectivity index (χ1v) is 6.72. The number of esters is 1. The second-order valence-electron chi connectivity index (χ2n) is 3.90. The third kappa shape index (κ3) is 3.75. The van der Waals surface area contributed by atoms with Crippen molar-refractivity contribution in [1.29, 1.82) is 0 Å². The van der Waals surface area contributed by atoms with E-state index in [1.807, 2.05) is 5.38 Å². The van der Waals surface area contributed by atoms with Crippen LogP contribution in [0, 0.1) is 0 Å². The van der Waals surface area contributed by atoms with E-state index < -0.39 is 6.03 Å². The van der Waals surface area contributed by atoms with Crippen LogP contribution in [0.2, 0.25) is 0 Å². The summed E-state index contributed by atoms with van der Waals surface area (Å²) in [6.07, 6.45) is 0.773. The number of nitrogens with zero attached hydrogens (tertiary/aromatic N) is 2. The molecule has 7 nitrogen and oxygen atoms in total. The highest BCUT2D eigenvalue weighted by Crippen LogP contribution is 2.05. The summed E-state index contributed by atoms with van der Waals surface area (Å²) in [5, 5.41) is 4.27. The zero-order valence-corrected chi connectivity index (χ0v) is 10.9. The highest BCUT2D eigenvalue weighted by molar-refractivity contribution is 7.07. The molecule has 0 spiro atoms. The van der Waals surface area contributed by atoms with E-state index in [-0.39, 0.29) is 38.0 Å². The molecule has 1 aliphatic heterocycles. The summed E-state index contributed by atoms with van der Waals surface area (Å²) < 4.78 is 4.96. The van der Waals surface area contributed by atoms with Gasteiger partial charge in [-0.3, -0.25) is 14.5 Å². The van der Waals surface area contributed by atoms with Gasteiger partial charge in [0.05, 0.1) is 30.7 Å². The molecule has 19 heavy (non-hydrogen) atoms. The molecule has 1 saturated heterocycles. The Labute approximate surface area is 113 Å². The molecule has 3 amide bonds. The molecule has 0 aromatic carbocycles. The Hall–Kier alpha value is -1.96. The van der Waals surface area contributed by atoms with Gasteiger partial charge in [0.1, 0.15) is 6.61 Å². The molecule has 1 N–H and O–H groups in total. The van der Waals surface area contributed by atoms with Crippen LogP contribution in [-0.2, 0) is 20.7 Å². The van der Waals surface area contributed by atoms with E-state index in [0.717, 1.165) is 10.6 Å². The molecular weight excluding hydrogens is 270 g/mol. The Morgan fingerprint density at radius 3 is 3.00 bits per heavy atom. The second kappa shape index (κ2) is 6.28. The summed E-state index contributed by atoms with van der Waals surface area (Å²) in [5.74, 6) is -0.663. The van der Waals surface area contributed by atoms with Gasteiger partial charge in [-0.25, -0.2) is 9.78 Å². The maximum Gasteiger partial charge on any atom is 0.324 e. The fourth-order valence-electron chi connectivity index (χ4n) is 1.60. The Kier molecular flexibility index (Phi) is 4.45. The summed E-state index contributed by atoms with van der Waals surface area (Å²) in [6, 6.07) is -0.441. The Balaban J connectivity index is 1.64. The van der Waals surface area contributed by atoms with Gasteiger partial charge in [-0.1, -0.05) is 0 Å². The first kappa shape index (κ1) is 13.5. The second-order valence-corrected chi connectivity index (χ2v) is 4.62. The number of carbonyl (C=O) groups excluding carboxylic acids is 3. The van der Waals surface area contributed by atoms with Crippen molar-refractivity contribution in [2.75, 3.05) is 19.7 Å². The van der Waals surface area contributed by atoms with Crippen molar-refractivity contribution >= 4 is 29.2 Å². The molecule has 0 unspecified atom stereocenters. The van der Waals surface area contributed by atoms with Gasteiger partial charge in [0.25, 0.3) is 0 Å². The van der Waals surface area contributed by atoms with Crippen LogP contribution in [0.1, 0.15) is 12.1 Å². The van der Waals surface area contributed by atoms with Crippen LogP contribution < -0.4 is 5.32 Å². The van der Waals surface area contributed by atoms with Crippen LogP contribution in [0.4, 0.5) is 4.79 Å². The monoisotopic (exact) mass is 283 g/mol. The third-order valence-corrected chi connectivity index (χ3v) is 3.22. The van der Waals surface area contributed by atoms with Crippen LogP contribution in [0.3, 0.4) is 0 Å². The zero-order valence-electron chi connectivity index (χ0n) is 10.1. The molecule has 0 atom stereocenters. The van der Waals surface area contributed by atoms with Crippen molar-refractivity contribution < 1.29 is 19.1 Å². The fourth-order valence-corrected chi connectivity index (χ4v) is 2.19. The number of aromatic nitrogens is 1. The normalized spacial score (nSPS) is 14.6. The number of nitrogens with one attached hydrogen (secondary N) is 1. The summed E-state index contributed by atoms with van der Waals surface area (Å²) in [4.78, 5) is 38.9. The predicted molar refractivity (Wildman–Crippen MR) is 66.5 cm³/mol. The van der Waals surface area contributed by atoms with E-state index in [0.29, 0.717) is 6.42 Å². The molecule has 0 bridgehead atoms. The van der Waals surface area contributed by atoms with Crippen molar-refractivity contribution in [1.82, 2.24) is 15.2 Å².